The Labute approximate surface area is 331 Å². The molecule has 2 aliphatic rings. The molecular weight excluding hydrogens is 697 g/mol. The van der Waals surface area contributed by atoms with E-state index in [4.69, 9.17) is 9.97 Å². The standard InChI is InChI=1S/C53H34N2S/c1-3-16-35(17-4-1)39-20-7-8-23-43(39)49-34-48(37-18-5-2-6-19-37)54-52(55-49)38-32-30-36(31-33-38)40-24-15-28-47-51(40)56-50-29-14-13-27-46(50)53(47)44-25-11-9-21-41(44)42-22-10-12-26-45(42)53/h1-34H. The van der Waals surface area contributed by atoms with Crippen LogP contribution in [0.3, 0.4) is 0 Å². The van der Waals surface area contributed by atoms with Gasteiger partial charge in [-0.05, 0) is 67.8 Å². The Morgan fingerprint density at radius 3 is 1.50 bits per heavy atom. The van der Waals surface area contributed by atoms with E-state index in [1.807, 2.05) is 17.8 Å². The van der Waals surface area contributed by atoms with E-state index in [1.54, 1.807) is 0 Å². The summed E-state index contributed by atoms with van der Waals surface area (Å²) in [7, 11) is 0. The van der Waals surface area contributed by atoms with Gasteiger partial charge >= 0.3 is 0 Å². The van der Waals surface area contributed by atoms with Gasteiger partial charge in [0.1, 0.15) is 0 Å². The molecule has 0 atom stereocenters. The fourth-order valence-corrected chi connectivity index (χ4v) is 10.3. The van der Waals surface area contributed by atoms with Crippen LogP contribution in [0.2, 0.25) is 0 Å². The first-order valence-electron chi connectivity index (χ1n) is 19.1. The maximum atomic E-state index is 5.26. The maximum Gasteiger partial charge on any atom is 0.160 e. The third kappa shape index (κ3) is 5.05. The van der Waals surface area contributed by atoms with Crippen LogP contribution in [0.4, 0.5) is 0 Å². The van der Waals surface area contributed by atoms with Crippen molar-refractivity contribution >= 4 is 11.8 Å². The molecule has 0 bridgehead atoms. The average Bonchev–Trinajstić information content (AvgIpc) is 3.57. The summed E-state index contributed by atoms with van der Waals surface area (Å²) in [6.07, 6.45) is 0. The van der Waals surface area contributed by atoms with Gasteiger partial charge in [-0.1, -0.05) is 206 Å². The van der Waals surface area contributed by atoms with Gasteiger partial charge in [-0.25, -0.2) is 9.97 Å². The summed E-state index contributed by atoms with van der Waals surface area (Å²) in [6, 6.07) is 74.3. The lowest BCUT2D eigenvalue weighted by Gasteiger charge is -2.40. The summed E-state index contributed by atoms with van der Waals surface area (Å²) < 4.78 is 0. The molecule has 0 N–H and O–H groups in total. The van der Waals surface area contributed by atoms with Crippen LogP contribution in [-0.2, 0) is 5.41 Å². The summed E-state index contributed by atoms with van der Waals surface area (Å²) >= 11 is 1.89. The van der Waals surface area contributed by atoms with Crippen molar-refractivity contribution in [3.8, 4) is 67.3 Å². The topological polar surface area (TPSA) is 25.8 Å². The molecule has 1 spiro atoms. The van der Waals surface area contributed by atoms with Crippen molar-refractivity contribution in [2.24, 2.45) is 0 Å². The molecule has 0 radical (unpaired) electrons. The fraction of sp³-hybridized carbons (Fsp3) is 0.0189. The minimum atomic E-state index is -0.404. The van der Waals surface area contributed by atoms with Gasteiger partial charge in [0.2, 0.25) is 0 Å². The molecule has 0 fully saturated rings. The zero-order chi connectivity index (χ0) is 37.1. The highest BCUT2D eigenvalue weighted by atomic mass is 32.2. The summed E-state index contributed by atoms with van der Waals surface area (Å²) in [4.78, 5) is 13.0. The highest BCUT2D eigenvalue weighted by Crippen LogP contribution is 2.63. The minimum absolute atomic E-state index is 0.404. The van der Waals surface area contributed by atoms with E-state index in [2.05, 4.69) is 200 Å². The van der Waals surface area contributed by atoms with E-state index in [-0.39, 0.29) is 0 Å². The molecule has 8 aromatic carbocycles. The van der Waals surface area contributed by atoms with Gasteiger partial charge in [0, 0.05) is 26.5 Å². The van der Waals surface area contributed by atoms with Gasteiger partial charge in [0.05, 0.1) is 16.8 Å². The van der Waals surface area contributed by atoms with Crippen LogP contribution in [0.15, 0.2) is 216 Å². The molecule has 0 saturated heterocycles. The Kier molecular flexibility index (Phi) is 7.68. The molecule has 11 rings (SSSR count). The van der Waals surface area contributed by atoms with Crippen molar-refractivity contribution in [2.75, 3.05) is 0 Å². The molecule has 1 aliphatic carbocycles. The Bertz CT molecular complexity index is 2890. The van der Waals surface area contributed by atoms with Gasteiger partial charge in [0.25, 0.3) is 0 Å². The third-order valence-corrected chi connectivity index (χ3v) is 12.6. The Balaban J connectivity index is 1.06. The van der Waals surface area contributed by atoms with Gasteiger partial charge in [-0.2, -0.15) is 0 Å². The van der Waals surface area contributed by atoms with Crippen LogP contribution in [-0.4, -0.2) is 9.97 Å². The fourth-order valence-electron chi connectivity index (χ4n) is 8.95. The Morgan fingerprint density at radius 2 is 0.804 bits per heavy atom. The first-order valence-corrected chi connectivity index (χ1v) is 19.9. The van der Waals surface area contributed by atoms with Crippen molar-refractivity contribution in [2.45, 2.75) is 15.2 Å². The van der Waals surface area contributed by atoms with Crippen molar-refractivity contribution < 1.29 is 0 Å². The predicted octanol–water partition coefficient (Wildman–Crippen LogP) is 13.6. The van der Waals surface area contributed by atoms with Gasteiger partial charge in [-0.3, -0.25) is 0 Å². The van der Waals surface area contributed by atoms with E-state index >= 15 is 0 Å². The molecule has 0 amide bonds. The largest absolute Gasteiger partial charge is 0.228 e. The van der Waals surface area contributed by atoms with Gasteiger partial charge in [-0.15, -0.1) is 0 Å². The number of nitrogens with zero attached hydrogens (tertiary/aromatic N) is 2. The van der Waals surface area contributed by atoms with Crippen LogP contribution >= 0.6 is 11.8 Å². The Hall–Kier alpha value is -6.81. The second kappa shape index (κ2) is 13.2. The van der Waals surface area contributed by atoms with Crippen LogP contribution < -0.4 is 0 Å². The highest BCUT2D eigenvalue weighted by molar-refractivity contribution is 7.99. The molecule has 3 heteroatoms. The van der Waals surface area contributed by atoms with Crippen LogP contribution in [0, 0.1) is 0 Å². The van der Waals surface area contributed by atoms with E-state index in [0.717, 1.165) is 39.2 Å². The third-order valence-electron chi connectivity index (χ3n) is 11.4. The molecule has 1 aliphatic heterocycles. The molecule has 262 valence electrons. The molecule has 0 unspecified atom stereocenters. The maximum absolute atomic E-state index is 5.26. The zero-order valence-electron chi connectivity index (χ0n) is 30.4. The molecule has 1 aromatic heterocycles. The number of hydrogen-bond acceptors (Lipinski definition) is 3. The van der Waals surface area contributed by atoms with Crippen molar-refractivity contribution in [1.82, 2.24) is 9.97 Å². The molecule has 2 heterocycles. The number of aromatic nitrogens is 2. The van der Waals surface area contributed by atoms with Crippen LogP contribution in [0.1, 0.15) is 22.3 Å². The second-order valence-electron chi connectivity index (χ2n) is 14.4. The van der Waals surface area contributed by atoms with Crippen molar-refractivity contribution in [3.63, 3.8) is 0 Å². The molecule has 56 heavy (non-hydrogen) atoms. The normalized spacial score (nSPS) is 13.1. The smallest absolute Gasteiger partial charge is 0.160 e. The van der Waals surface area contributed by atoms with Gasteiger partial charge < -0.3 is 0 Å². The van der Waals surface area contributed by atoms with E-state index in [0.29, 0.717) is 5.82 Å². The molecule has 0 saturated carbocycles. The van der Waals surface area contributed by atoms with Crippen LogP contribution in [0.5, 0.6) is 0 Å². The molecule has 2 nitrogen and oxygen atoms in total. The monoisotopic (exact) mass is 730 g/mol. The zero-order valence-corrected chi connectivity index (χ0v) is 31.2. The van der Waals surface area contributed by atoms with E-state index in [9.17, 15) is 0 Å². The van der Waals surface area contributed by atoms with Crippen LogP contribution in [0.25, 0.3) is 67.3 Å². The average molecular weight is 731 g/mol. The SMILES string of the molecule is c1ccc(-c2cc(-c3ccccc3-c3ccccc3)nc(-c3ccc(-c4cccc5c4Sc4ccccc4C54c5ccccc5-c5ccccc54)cc3)n2)cc1. The summed E-state index contributed by atoms with van der Waals surface area (Å²) in [5.74, 6) is 0.701. The highest BCUT2D eigenvalue weighted by Gasteiger charge is 2.50. The summed E-state index contributed by atoms with van der Waals surface area (Å²) in [5, 5.41) is 0. The van der Waals surface area contributed by atoms with Crippen molar-refractivity contribution in [3.05, 3.63) is 229 Å². The second-order valence-corrected chi connectivity index (χ2v) is 15.5. The number of fused-ring (bicyclic) bond motifs is 9. The van der Waals surface area contributed by atoms with Gasteiger partial charge in [0.15, 0.2) is 5.82 Å². The first-order chi connectivity index (χ1) is 27.8. The lowest BCUT2D eigenvalue weighted by Crippen LogP contribution is -2.32. The number of rotatable bonds is 5. The summed E-state index contributed by atoms with van der Waals surface area (Å²) in [5.41, 5.74) is 17.2. The number of hydrogen-bond donors (Lipinski definition) is 0. The number of benzene rings is 8. The Morgan fingerprint density at radius 1 is 0.321 bits per heavy atom. The first kappa shape index (κ1) is 32.6. The minimum Gasteiger partial charge on any atom is -0.228 e. The van der Waals surface area contributed by atoms with E-state index < -0.39 is 5.41 Å². The lowest BCUT2D eigenvalue weighted by molar-refractivity contribution is 0.723. The quantitative estimate of drug-likeness (QED) is 0.176. The summed E-state index contributed by atoms with van der Waals surface area (Å²) in [6.45, 7) is 0. The molecule has 9 aromatic rings. The van der Waals surface area contributed by atoms with E-state index in [1.165, 1.54) is 54.3 Å². The lowest BCUT2D eigenvalue weighted by atomic mass is 9.67. The van der Waals surface area contributed by atoms with Crippen molar-refractivity contribution in [1.29, 1.82) is 0 Å². The molecular formula is C53H34N2S. The predicted molar refractivity (Wildman–Crippen MR) is 231 cm³/mol.